The van der Waals surface area contributed by atoms with Gasteiger partial charge in [-0.2, -0.15) is 0 Å². The van der Waals surface area contributed by atoms with E-state index in [1.54, 1.807) is 0 Å². The number of hydrogen-bond acceptors (Lipinski definition) is 2. The molecule has 1 aromatic carbocycles. The molecule has 1 N–H and O–H groups in total. The van der Waals surface area contributed by atoms with Gasteiger partial charge in [0.15, 0.2) is 0 Å². The number of carbonyl (C=O) groups excluding carboxylic acids is 1. The van der Waals surface area contributed by atoms with Gasteiger partial charge < -0.3 is 10.2 Å². The molecule has 0 aliphatic heterocycles. The number of carbonyl (C=O) groups is 1. The van der Waals surface area contributed by atoms with Crippen LogP contribution in [0.1, 0.15) is 41.6 Å². The van der Waals surface area contributed by atoms with Crippen molar-refractivity contribution < 1.29 is 4.79 Å². The monoisotopic (exact) mass is 260 g/mol. The zero-order chi connectivity index (χ0) is 13.8. The number of amides is 1. The number of hydrogen-bond donors (Lipinski definition) is 1. The summed E-state index contributed by atoms with van der Waals surface area (Å²) in [6.07, 6.45) is 4.51. The highest BCUT2D eigenvalue weighted by molar-refractivity contribution is 5.95. The minimum absolute atomic E-state index is 0.158. The van der Waals surface area contributed by atoms with E-state index in [1.165, 1.54) is 0 Å². The van der Waals surface area contributed by atoms with Crippen molar-refractivity contribution >= 4 is 5.91 Å². The number of aryl methyl sites for hydroxylation is 1. The van der Waals surface area contributed by atoms with E-state index in [1.807, 2.05) is 50.2 Å². The molecule has 104 valence electrons. The molecule has 0 aromatic heterocycles. The lowest BCUT2D eigenvalue weighted by Crippen LogP contribution is -2.42. The maximum absolute atomic E-state index is 12.5. The molecule has 0 atom stereocenters. The van der Waals surface area contributed by atoms with Crippen LogP contribution in [0.3, 0.4) is 0 Å². The van der Waals surface area contributed by atoms with E-state index in [0.29, 0.717) is 12.1 Å². The molecule has 0 spiro atoms. The molecule has 1 aliphatic rings. The molecule has 0 unspecified atom stereocenters. The fraction of sp³-hybridized carbons (Fsp3) is 0.562. The second kappa shape index (κ2) is 6.20. The highest BCUT2D eigenvalue weighted by Crippen LogP contribution is 2.24. The standard InChI is InChI=1S/C16H24N2O/c1-12-6-4-5-7-15(12)16(19)18(3)14-10-8-13(17-2)9-11-14/h4-7,13-14,17H,8-11H2,1-3H3. The Hall–Kier alpha value is -1.35. The van der Waals surface area contributed by atoms with Gasteiger partial charge in [0.2, 0.25) is 0 Å². The van der Waals surface area contributed by atoms with Gasteiger partial charge in [-0.25, -0.2) is 0 Å². The van der Waals surface area contributed by atoms with Crippen molar-refractivity contribution in [3.05, 3.63) is 35.4 Å². The molecule has 3 heteroatoms. The Kier molecular flexibility index (Phi) is 4.59. The van der Waals surface area contributed by atoms with Gasteiger partial charge >= 0.3 is 0 Å². The Morgan fingerprint density at radius 1 is 1.21 bits per heavy atom. The molecule has 2 rings (SSSR count). The van der Waals surface area contributed by atoms with Crippen molar-refractivity contribution in [2.75, 3.05) is 14.1 Å². The fourth-order valence-corrected chi connectivity index (χ4v) is 2.92. The van der Waals surface area contributed by atoms with Gasteiger partial charge in [-0.1, -0.05) is 18.2 Å². The van der Waals surface area contributed by atoms with Crippen LogP contribution in [0.5, 0.6) is 0 Å². The first-order chi connectivity index (χ1) is 9.13. The van der Waals surface area contributed by atoms with Crippen LogP contribution in [0.2, 0.25) is 0 Å². The summed E-state index contributed by atoms with van der Waals surface area (Å²) in [5.41, 5.74) is 1.89. The minimum Gasteiger partial charge on any atom is -0.339 e. The molecule has 1 fully saturated rings. The molecular formula is C16H24N2O. The molecule has 1 aliphatic carbocycles. The van der Waals surface area contributed by atoms with E-state index in [0.717, 1.165) is 36.8 Å². The number of nitrogens with one attached hydrogen (secondary N) is 1. The Morgan fingerprint density at radius 2 is 1.84 bits per heavy atom. The van der Waals surface area contributed by atoms with Crippen LogP contribution in [-0.2, 0) is 0 Å². The predicted octanol–water partition coefficient (Wildman–Crippen LogP) is 2.60. The summed E-state index contributed by atoms with van der Waals surface area (Å²) >= 11 is 0. The molecule has 19 heavy (non-hydrogen) atoms. The minimum atomic E-state index is 0.158. The molecule has 3 nitrogen and oxygen atoms in total. The van der Waals surface area contributed by atoms with Crippen LogP contribution in [0.15, 0.2) is 24.3 Å². The largest absolute Gasteiger partial charge is 0.339 e. The molecule has 1 amide bonds. The van der Waals surface area contributed by atoms with E-state index in [-0.39, 0.29) is 5.91 Å². The lowest BCUT2D eigenvalue weighted by Gasteiger charge is -2.34. The van der Waals surface area contributed by atoms with Gasteiger partial charge in [0, 0.05) is 24.7 Å². The van der Waals surface area contributed by atoms with Crippen molar-refractivity contribution in [2.45, 2.75) is 44.7 Å². The van der Waals surface area contributed by atoms with Gasteiger partial charge in [0.1, 0.15) is 0 Å². The van der Waals surface area contributed by atoms with Crippen LogP contribution >= 0.6 is 0 Å². The van der Waals surface area contributed by atoms with E-state index >= 15 is 0 Å². The summed E-state index contributed by atoms with van der Waals surface area (Å²) in [4.78, 5) is 14.5. The van der Waals surface area contributed by atoms with Crippen LogP contribution in [0.4, 0.5) is 0 Å². The summed E-state index contributed by atoms with van der Waals surface area (Å²) in [5.74, 6) is 0.158. The van der Waals surface area contributed by atoms with E-state index in [9.17, 15) is 4.79 Å². The van der Waals surface area contributed by atoms with Crippen LogP contribution in [-0.4, -0.2) is 37.0 Å². The lowest BCUT2D eigenvalue weighted by atomic mass is 9.90. The summed E-state index contributed by atoms with van der Waals surface area (Å²) in [5, 5.41) is 3.33. The quantitative estimate of drug-likeness (QED) is 0.906. The highest BCUT2D eigenvalue weighted by Gasteiger charge is 2.26. The number of nitrogens with zero attached hydrogens (tertiary/aromatic N) is 1. The Morgan fingerprint density at radius 3 is 2.42 bits per heavy atom. The first kappa shape index (κ1) is 14.1. The second-order valence-corrected chi connectivity index (χ2v) is 5.53. The Labute approximate surface area is 116 Å². The third-order valence-corrected chi connectivity index (χ3v) is 4.35. The van der Waals surface area contributed by atoms with Gasteiger partial charge in [-0.05, 0) is 51.3 Å². The second-order valence-electron chi connectivity index (χ2n) is 5.53. The Balaban J connectivity index is 2.02. The van der Waals surface area contributed by atoms with Crippen LogP contribution in [0.25, 0.3) is 0 Å². The van der Waals surface area contributed by atoms with Crippen molar-refractivity contribution in [1.29, 1.82) is 0 Å². The molecule has 0 heterocycles. The van der Waals surface area contributed by atoms with E-state index < -0.39 is 0 Å². The first-order valence-corrected chi connectivity index (χ1v) is 7.13. The molecule has 1 saturated carbocycles. The molecule has 0 bridgehead atoms. The summed E-state index contributed by atoms with van der Waals surface area (Å²) < 4.78 is 0. The number of rotatable bonds is 3. The lowest BCUT2D eigenvalue weighted by molar-refractivity contribution is 0.0685. The first-order valence-electron chi connectivity index (χ1n) is 7.13. The molecule has 0 radical (unpaired) electrons. The smallest absolute Gasteiger partial charge is 0.254 e. The van der Waals surface area contributed by atoms with Crippen LogP contribution < -0.4 is 5.32 Å². The molecular weight excluding hydrogens is 236 g/mol. The Bertz CT molecular complexity index is 436. The van der Waals surface area contributed by atoms with Gasteiger partial charge in [0.05, 0.1) is 0 Å². The normalized spacial score (nSPS) is 23.1. The zero-order valence-electron chi connectivity index (χ0n) is 12.1. The van der Waals surface area contributed by atoms with Crippen LogP contribution in [0, 0.1) is 6.92 Å². The maximum atomic E-state index is 12.5. The van der Waals surface area contributed by atoms with Gasteiger partial charge in [0.25, 0.3) is 5.91 Å². The summed E-state index contributed by atoms with van der Waals surface area (Å²) in [6, 6.07) is 8.85. The third kappa shape index (κ3) is 3.16. The van der Waals surface area contributed by atoms with Gasteiger partial charge in [-0.3, -0.25) is 4.79 Å². The molecule has 1 aromatic rings. The zero-order valence-corrected chi connectivity index (χ0v) is 12.1. The fourth-order valence-electron chi connectivity index (χ4n) is 2.92. The molecule has 0 saturated heterocycles. The van der Waals surface area contributed by atoms with E-state index in [2.05, 4.69) is 5.32 Å². The van der Waals surface area contributed by atoms with E-state index in [4.69, 9.17) is 0 Å². The number of benzene rings is 1. The summed E-state index contributed by atoms with van der Waals surface area (Å²) in [6.45, 7) is 2.00. The van der Waals surface area contributed by atoms with Crippen molar-refractivity contribution in [3.63, 3.8) is 0 Å². The predicted molar refractivity (Wildman–Crippen MR) is 78.4 cm³/mol. The van der Waals surface area contributed by atoms with Crippen molar-refractivity contribution in [1.82, 2.24) is 10.2 Å². The van der Waals surface area contributed by atoms with Crippen molar-refractivity contribution in [3.8, 4) is 0 Å². The van der Waals surface area contributed by atoms with Crippen molar-refractivity contribution in [2.24, 2.45) is 0 Å². The topological polar surface area (TPSA) is 32.3 Å². The highest BCUT2D eigenvalue weighted by atomic mass is 16.2. The summed E-state index contributed by atoms with van der Waals surface area (Å²) in [7, 11) is 3.96. The average Bonchev–Trinajstić information content (AvgIpc) is 2.46. The SMILES string of the molecule is CNC1CCC(N(C)C(=O)c2ccccc2C)CC1. The third-order valence-electron chi connectivity index (χ3n) is 4.35. The maximum Gasteiger partial charge on any atom is 0.254 e. The van der Waals surface area contributed by atoms with Gasteiger partial charge in [-0.15, -0.1) is 0 Å². The average molecular weight is 260 g/mol.